The van der Waals surface area contributed by atoms with Gasteiger partial charge in [-0.3, -0.25) is 9.18 Å². The van der Waals surface area contributed by atoms with Gasteiger partial charge in [0.15, 0.2) is 0 Å². The number of benzene rings is 1. The third-order valence-electron chi connectivity index (χ3n) is 2.20. The molecule has 1 aromatic rings. The smallest absolute Gasteiger partial charge is 0.306 e. The van der Waals surface area contributed by atoms with E-state index in [9.17, 15) is 9.18 Å². The minimum Gasteiger partial charge on any atom is -0.481 e. The first-order valence-electron chi connectivity index (χ1n) is 4.66. The van der Waals surface area contributed by atoms with Gasteiger partial charge in [-0.25, -0.2) is 0 Å². The first-order chi connectivity index (χ1) is 7.13. The van der Waals surface area contributed by atoms with Crippen molar-refractivity contribution < 1.29 is 14.3 Å². The molecule has 1 atom stereocenters. The number of hydrogen-bond donors (Lipinski definition) is 1. The number of rotatable bonds is 5. The van der Waals surface area contributed by atoms with Gasteiger partial charge in [0.25, 0.3) is 0 Å². The van der Waals surface area contributed by atoms with E-state index in [-0.39, 0.29) is 6.42 Å². The molecule has 1 unspecified atom stereocenters. The molecular weight excluding hydrogens is 263 g/mol. The minimum atomic E-state index is -0.935. The van der Waals surface area contributed by atoms with Crippen molar-refractivity contribution in [3.63, 3.8) is 0 Å². The molecule has 0 aliphatic carbocycles. The second kappa shape index (κ2) is 5.85. The van der Waals surface area contributed by atoms with Gasteiger partial charge in [0, 0.05) is 4.47 Å². The van der Waals surface area contributed by atoms with Crippen LogP contribution in [0.5, 0.6) is 0 Å². The van der Waals surface area contributed by atoms with Gasteiger partial charge >= 0.3 is 5.97 Å². The molecule has 0 amide bonds. The number of carboxylic acids is 1. The molecule has 82 valence electrons. The zero-order valence-electron chi connectivity index (χ0n) is 8.12. The van der Waals surface area contributed by atoms with Gasteiger partial charge in [0.2, 0.25) is 0 Å². The largest absolute Gasteiger partial charge is 0.481 e. The summed E-state index contributed by atoms with van der Waals surface area (Å²) in [5, 5.41) is 8.84. The molecule has 1 rings (SSSR count). The molecule has 0 aliphatic heterocycles. The average Bonchev–Trinajstić information content (AvgIpc) is 2.20. The van der Waals surface area contributed by atoms with E-state index in [1.807, 2.05) is 24.3 Å². The Bertz CT molecular complexity index is 324. The Morgan fingerprint density at radius 2 is 2.00 bits per heavy atom. The molecule has 0 bridgehead atoms. The molecule has 15 heavy (non-hydrogen) atoms. The summed E-state index contributed by atoms with van der Waals surface area (Å²) in [5.74, 6) is -1.56. The Morgan fingerprint density at radius 3 is 2.47 bits per heavy atom. The van der Waals surface area contributed by atoms with Crippen LogP contribution in [0.4, 0.5) is 4.39 Å². The van der Waals surface area contributed by atoms with E-state index in [0.29, 0.717) is 6.42 Å². The second-order valence-corrected chi connectivity index (χ2v) is 4.26. The lowest BCUT2D eigenvalue weighted by Crippen LogP contribution is -2.17. The Labute approximate surface area is 96.2 Å². The third-order valence-corrected chi connectivity index (χ3v) is 2.73. The van der Waals surface area contributed by atoms with Gasteiger partial charge in [-0.2, -0.15) is 0 Å². The van der Waals surface area contributed by atoms with Crippen molar-refractivity contribution in [3.05, 3.63) is 34.3 Å². The summed E-state index contributed by atoms with van der Waals surface area (Å²) in [6.45, 7) is -0.590. The van der Waals surface area contributed by atoms with Crippen LogP contribution in [0.1, 0.15) is 12.0 Å². The fourth-order valence-electron chi connectivity index (χ4n) is 1.35. The van der Waals surface area contributed by atoms with Crippen molar-refractivity contribution in [1.82, 2.24) is 0 Å². The van der Waals surface area contributed by atoms with Crippen molar-refractivity contribution in [2.45, 2.75) is 12.8 Å². The molecule has 0 aromatic heterocycles. The summed E-state index contributed by atoms with van der Waals surface area (Å²) in [5.41, 5.74) is 0.916. The summed E-state index contributed by atoms with van der Waals surface area (Å²) in [6, 6.07) is 7.39. The second-order valence-electron chi connectivity index (χ2n) is 3.34. The molecule has 4 heteroatoms. The highest BCUT2D eigenvalue weighted by Gasteiger charge is 2.17. The summed E-state index contributed by atoms with van der Waals surface area (Å²) in [7, 11) is 0. The summed E-state index contributed by atoms with van der Waals surface area (Å²) < 4.78 is 13.0. The Hall–Kier alpha value is -0.900. The first-order valence-corrected chi connectivity index (χ1v) is 5.46. The van der Waals surface area contributed by atoms with Crippen molar-refractivity contribution in [2.24, 2.45) is 5.92 Å². The Morgan fingerprint density at radius 1 is 1.40 bits per heavy atom. The number of alkyl halides is 1. The maximum Gasteiger partial charge on any atom is 0.306 e. The minimum absolute atomic E-state index is 0.0748. The van der Waals surface area contributed by atoms with Crippen molar-refractivity contribution in [1.29, 1.82) is 0 Å². The molecule has 0 spiro atoms. The normalized spacial score (nSPS) is 12.4. The van der Waals surface area contributed by atoms with Crippen LogP contribution in [0, 0.1) is 5.92 Å². The van der Waals surface area contributed by atoms with Gasteiger partial charge in [-0.15, -0.1) is 0 Å². The van der Waals surface area contributed by atoms with Crippen LogP contribution in [-0.2, 0) is 11.2 Å². The zero-order valence-corrected chi connectivity index (χ0v) is 9.71. The summed E-state index contributed by atoms with van der Waals surface area (Å²) in [6.07, 6.45) is 0.456. The molecule has 0 aliphatic rings. The van der Waals surface area contributed by atoms with Crippen LogP contribution in [0.3, 0.4) is 0 Å². The summed E-state index contributed by atoms with van der Waals surface area (Å²) in [4.78, 5) is 10.8. The quantitative estimate of drug-likeness (QED) is 0.896. The molecule has 0 saturated heterocycles. The Kier molecular flexibility index (Phi) is 4.75. The number of halogens is 2. The van der Waals surface area contributed by atoms with Crippen molar-refractivity contribution in [3.8, 4) is 0 Å². The van der Waals surface area contributed by atoms with Crippen LogP contribution in [0.2, 0.25) is 0 Å². The lowest BCUT2D eigenvalue weighted by atomic mass is 9.97. The van der Waals surface area contributed by atoms with Gasteiger partial charge in [0.1, 0.15) is 0 Å². The van der Waals surface area contributed by atoms with Crippen LogP contribution in [-0.4, -0.2) is 17.8 Å². The molecule has 2 nitrogen and oxygen atoms in total. The molecule has 1 N–H and O–H groups in total. The van der Waals surface area contributed by atoms with Crippen LogP contribution in [0.15, 0.2) is 28.7 Å². The molecular formula is C11H12BrFO2. The number of carboxylic acid groups (broad SMARTS) is 1. The predicted molar refractivity (Wildman–Crippen MR) is 59.6 cm³/mol. The number of carbonyl (C=O) groups is 1. The maximum atomic E-state index is 12.1. The van der Waals surface area contributed by atoms with Crippen molar-refractivity contribution in [2.75, 3.05) is 6.67 Å². The van der Waals surface area contributed by atoms with Gasteiger partial charge in [-0.1, -0.05) is 28.1 Å². The fraction of sp³-hybridized carbons (Fsp3) is 0.364. The highest BCUT2D eigenvalue weighted by molar-refractivity contribution is 9.10. The zero-order chi connectivity index (χ0) is 11.3. The molecule has 0 saturated carbocycles. The van der Waals surface area contributed by atoms with Crippen molar-refractivity contribution >= 4 is 21.9 Å². The molecule has 0 heterocycles. The SMILES string of the molecule is O=C(O)C(CCF)Cc1ccc(Br)cc1. The van der Waals surface area contributed by atoms with E-state index in [1.54, 1.807) is 0 Å². The fourth-order valence-corrected chi connectivity index (χ4v) is 1.61. The van der Waals surface area contributed by atoms with Gasteiger partial charge in [-0.05, 0) is 30.5 Å². The molecule has 1 aromatic carbocycles. The third kappa shape index (κ3) is 4.00. The monoisotopic (exact) mass is 274 g/mol. The van der Waals surface area contributed by atoms with E-state index < -0.39 is 18.6 Å². The lowest BCUT2D eigenvalue weighted by molar-refractivity contribution is -0.142. The predicted octanol–water partition coefficient (Wildman–Crippen LogP) is 3.05. The molecule has 0 fully saturated rings. The van der Waals surface area contributed by atoms with E-state index in [4.69, 9.17) is 5.11 Å². The van der Waals surface area contributed by atoms with Gasteiger partial charge < -0.3 is 5.11 Å². The van der Waals surface area contributed by atoms with Crippen LogP contribution >= 0.6 is 15.9 Å². The van der Waals surface area contributed by atoms with Crippen LogP contribution in [0.25, 0.3) is 0 Å². The first kappa shape index (κ1) is 12.2. The molecule has 0 radical (unpaired) electrons. The maximum absolute atomic E-state index is 12.1. The Balaban J connectivity index is 2.65. The highest BCUT2D eigenvalue weighted by Crippen LogP contribution is 2.16. The van der Waals surface area contributed by atoms with Crippen LogP contribution < -0.4 is 0 Å². The number of hydrogen-bond acceptors (Lipinski definition) is 1. The lowest BCUT2D eigenvalue weighted by Gasteiger charge is -2.09. The summed E-state index contributed by atoms with van der Waals surface area (Å²) >= 11 is 3.30. The van der Waals surface area contributed by atoms with E-state index in [2.05, 4.69) is 15.9 Å². The van der Waals surface area contributed by atoms with E-state index in [1.165, 1.54) is 0 Å². The average molecular weight is 275 g/mol. The van der Waals surface area contributed by atoms with E-state index >= 15 is 0 Å². The van der Waals surface area contributed by atoms with Gasteiger partial charge in [0.05, 0.1) is 12.6 Å². The topological polar surface area (TPSA) is 37.3 Å². The number of aliphatic carboxylic acids is 1. The standard InChI is InChI=1S/C11H12BrFO2/c12-10-3-1-8(2-4-10)7-9(5-6-13)11(14)15/h1-4,9H,5-7H2,(H,14,15). The highest BCUT2D eigenvalue weighted by atomic mass is 79.9. The van der Waals surface area contributed by atoms with E-state index in [0.717, 1.165) is 10.0 Å².